The van der Waals surface area contributed by atoms with Crippen LogP contribution in [0.1, 0.15) is 62.8 Å². The molecule has 1 spiro atoms. The molecule has 1 saturated carbocycles. The molecular weight excluding hydrogens is 238 g/mol. The van der Waals surface area contributed by atoms with Crippen LogP contribution in [0.2, 0.25) is 0 Å². The predicted octanol–water partition coefficient (Wildman–Crippen LogP) is 3.58. The van der Waals surface area contributed by atoms with E-state index in [1.54, 1.807) is 6.26 Å². The summed E-state index contributed by atoms with van der Waals surface area (Å²) in [4.78, 5) is 0. The van der Waals surface area contributed by atoms with E-state index in [-0.39, 0.29) is 11.6 Å². The van der Waals surface area contributed by atoms with E-state index in [9.17, 15) is 0 Å². The minimum Gasteiger partial charge on any atom is -0.469 e. The first-order valence-corrected chi connectivity index (χ1v) is 7.70. The smallest absolute Gasteiger partial charge is 0.108 e. The first kappa shape index (κ1) is 13.2. The fraction of sp³-hybridized carbons (Fsp3) is 0.750. The lowest BCUT2D eigenvalue weighted by atomic mass is 9.79. The first-order chi connectivity index (χ1) is 9.24. The van der Waals surface area contributed by atoms with Crippen molar-refractivity contribution in [1.82, 2.24) is 0 Å². The summed E-state index contributed by atoms with van der Waals surface area (Å²) >= 11 is 0. The molecule has 1 aromatic rings. The van der Waals surface area contributed by atoms with Crippen LogP contribution in [0.25, 0.3) is 0 Å². The Bertz CT molecular complexity index is 420. The summed E-state index contributed by atoms with van der Waals surface area (Å²) in [5, 5.41) is 0. The monoisotopic (exact) mass is 263 g/mol. The molecule has 3 heteroatoms. The summed E-state index contributed by atoms with van der Waals surface area (Å²) < 4.78 is 11.6. The van der Waals surface area contributed by atoms with Crippen molar-refractivity contribution in [2.45, 2.75) is 63.5 Å². The van der Waals surface area contributed by atoms with Crippen LogP contribution in [0, 0.1) is 5.92 Å². The Labute approximate surface area is 115 Å². The second-order valence-electron chi connectivity index (χ2n) is 6.17. The molecular formula is C16H25NO2. The molecule has 2 N–H and O–H groups in total. The molecule has 1 aliphatic heterocycles. The van der Waals surface area contributed by atoms with Crippen LogP contribution in [0.15, 0.2) is 16.7 Å². The van der Waals surface area contributed by atoms with Gasteiger partial charge in [-0.2, -0.15) is 0 Å². The van der Waals surface area contributed by atoms with Crippen molar-refractivity contribution in [2.24, 2.45) is 11.7 Å². The van der Waals surface area contributed by atoms with E-state index >= 15 is 0 Å². The Balaban J connectivity index is 1.74. The number of hydrogen-bond donors (Lipinski definition) is 1. The summed E-state index contributed by atoms with van der Waals surface area (Å²) in [6, 6.07) is 2.16. The van der Waals surface area contributed by atoms with Crippen LogP contribution in [0.5, 0.6) is 0 Å². The minimum absolute atomic E-state index is 0.107. The van der Waals surface area contributed by atoms with Gasteiger partial charge in [-0.3, -0.25) is 0 Å². The van der Waals surface area contributed by atoms with Crippen LogP contribution >= 0.6 is 0 Å². The van der Waals surface area contributed by atoms with E-state index in [1.165, 1.54) is 31.2 Å². The Hall–Kier alpha value is -0.800. The van der Waals surface area contributed by atoms with Gasteiger partial charge in [0.2, 0.25) is 0 Å². The maximum Gasteiger partial charge on any atom is 0.108 e. The number of rotatable bonds is 3. The highest BCUT2D eigenvalue weighted by atomic mass is 16.5. The van der Waals surface area contributed by atoms with E-state index in [0.717, 1.165) is 31.6 Å². The Morgan fingerprint density at radius 1 is 1.42 bits per heavy atom. The lowest BCUT2D eigenvalue weighted by molar-refractivity contribution is -0.0964. The van der Waals surface area contributed by atoms with Gasteiger partial charge in [-0.05, 0) is 37.7 Å². The average Bonchev–Trinajstić information content (AvgIpc) is 3.07. The zero-order chi connectivity index (χ0) is 13.3. The highest BCUT2D eigenvalue weighted by molar-refractivity contribution is 5.22. The standard InChI is InChI=1S/C16H25NO2/c1-2-14-13(6-9-18-14)15(17)12-5-10-19-16(11-12)7-3-4-8-16/h6,9,12,15H,2-5,7-8,10-11,17H2,1H3. The average molecular weight is 263 g/mol. The van der Waals surface area contributed by atoms with E-state index in [2.05, 4.69) is 13.0 Å². The molecule has 0 aromatic carbocycles. The minimum atomic E-state index is 0.107. The third kappa shape index (κ3) is 2.46. The zero-order valence-electron chi connectivity index (χ0n) is 11.9. The third-order valence-electron chi connectivity index (χ3n) is 5.01. The fourth-order valence-corrected chi connectivity index (χ4v) is 3.93. The number of aryl methyl sites for hydroxylation is 1. The molecule has 106 valence electrons. The van der Waals surface area contributed by atoms with E-state index in [4.69, 9.17) is 14.9 Å². The van der Waals surface area contributed by atoms with Gasteiger partial charge in [0.25, 0.3) is 0 Å². The molecule has 3 rings (SSSR count). The summed E-state index contributed by atoms with van der Waals surface area (Å²) in [6.07, 6.45) is 9.98. The second kappa shape index (κ2) is 5.29. The van der Waals surface area contributed by atoms with Crippen molar-refractivity contribution < 1.29 is 9.15 Å². The molecule has 0 bridgehead atoms. The maximum absolute atomic E-state index is 6.53. The summed E-state index contributed by atoms with van der Waals surface area (Å²) in [7, 11) is 0. The van der Waals surface area contributed by atoms with Gasteiger partial charge in [0.15, 0.2) is 0 Å². The quantitative estimate of drug-likeness (QED) is 0.906. The van der Waals surface area contributed by atoms with Gasteiger partial charge in [-0.25, -0.2) is 0 Å². The number of nitrogens with two attached hydrogens (primary N) is 1. The highest BCUT2D eigenvalue weighted by Crippen LogP contribution is 2.45. The Kier molecular flexibility index (Phi) is 3.68. The molecule has 19 heavy (non-hydrogen) atoms. The number of ether oxygens (including phenoxy) is 1. The van der Waals surface area contributed by atoms with E-state index in [0.29, 0.717) is 5.92 Å². The molecule has 2 heterocycles. The van der Waals surface area contributed by atoms with E-state index < -0.39 is 0 Å². The van der Waals surface area contributed by atoms with Crippen molar-refractivity contribution in [3.05, 3.63) is 23.7 Å². The van der Waals surface area contributed by atoms with Crippen molar-refractivity contribution in [2.75, 3.05) is 6.61 Å². The lowest BCUT2D eigenvalue weighted by Gasteiger charge is -2.40. The predicted molar refractivity (Wildman–Crippen MR) is 74.9 cm³/mol. The highest BCUT2D eigenvalue weighted by Gasteiger charge is 2.41. The van der Waals surface area contributed by atoms with Crippen molar-refractivity contribution in [3.63, 3.8) is 0 Å². The molecule has 2 atom stereocenters. The first-order valence-electron chi connectivity index (χ1n) is 7.70. The van der Waals surface area contributed by atoms with Gasteiger partial charge < -0.3 is 14.9 Å². The van der Waals surface area contributed by atoms with Crippen LogP contribution in [0.4, 0.5) is 0 Å². The molecule has 0 amide bonds. The van der Waals surface area contributed by atoms with Gasteiger partial charge in [0.1, 0.15) is 5.76 Å². The van der Waals surface area contributed by atoms with Gasteiger partial charge in [0, 0.05) is 24.6 Å². The number of furan rings is 1. The van der Waals surface area contributed by atoms with Gasteiger partial charge in [0.05, 0.1) is 11.9 Å². The summed E-state index contributed by atoms with van der Waals surface area (Å²) in [5.41, 5.74) is 7.89. The molecule has 2 fully saturated rings. The topological polar surface area (TPSA) is 48.4 Å². The molecule has 2 aliphatic rings. The molecule has 1 aromatic heterocycles. The maximum atomic E-state index is 6.53. The normalized spacial score (nSPS) is 27.8. The molecule has 3 nitrogen and oxygen atoms in total. The largest absolute Gasteiger partial charge is 0.469 e. The molecule has 1 saturated heterocycles. The Morgan fingerprint density at radius 2 is 2.21 bits per heavy atom. The van der Waals surface area contributed by atoms with Gasteiger partial charge >= 0.3 is 0 Å². The summed E-state index contributed by atoms with van der Waals surface area (Å²) in [6.45, 7) is 3.00. The Morgan fingerprint density at radius 3 is 2.95 bits per heavy atom. The van der Waals surface area contributed by atoms with Crippen molar-refractivity contribution in [3.8, 4) is 0 Å². The lowest BCUT2D eigenvalue weighted by Crippen LogP contribution is -2.40. The number of hydrogen-bond acceptors (Lipinski definition) is 3. The fourth-order valence-electron chi connectivity index (χ4n) is 3.93. The van der Waals surface area contributed by atoms with E-state index in [1.807, 2.05) is 0 Å². The zero-order valence-corrected chi connectivity index (χ0v) is 11.9. The van der Waals surface area contributed by atoms with Crippen LogP contribution in [-0.2, 0) is 11.2 Å². The van der Waals surface area contributed by atoms with Crippen LogP contribution < -0.4 is 5.73 Å². The van der Waals surface area contributed by atoms with Crippen molar-refractivity contribution >= 4 is 0 Å². The van der Waals surface area contributed by atoms with Crippen LogP contribution in [-0.4, -0.2) is 12.2 Å². The van der Waals surface area contributed by atoms with Crippen LogP contribution in [0.3, 0.4) is 0 Å². The third-order valence-corrected chi connectivity index (χ3v) is 5.01. The second-order valence-corrected chi connectivity index (χ2v) is 6.17. The molecule has 0 radical (unpaired) electrons. The van der Waals surface area contributed by atoms with Gasteiger partial charge in [-0.15, -0.1) is 0 Å². The van der Waals surface area contributed by atoms with Gasteiger partial charge in [-0.1, -0.05) is 19.8 Å². The SMILES string of the molecule is CCc1occc1C(N)C1CCOC2(CCCC2)C1. The molecule has 1 aliphatic carbocycles. The van der Waals surface area contributed by atoms with Crippen molar-refractivity contribution in [1.29, 1.82) is 0 Å². The summed E-state index contributed by atoms with van der Waals surface area (Å²) in [5.74, 6) is 1.59. The molecule has 2 unspecified atom stereocenters.